The molecule has 146 valence electrons. The van der Waals surface area contributed by atoms with Gasteiger partial charge in [0.25, 0.3) is 0 Å². The summed E-state index contributed by atoms with van der Waals surface area (Å²) in [5.41, 5.74) is 1.81. The third-order valence-corrected chi connectivity index (χ3v) is 5.27. The molecular weight excluding hydrogens is 354 g/mol. The van der Waals surface area contributed by atoms with Crippen LogP contribution in [0.25, 0.3) is 21.9 Å². The van der Waals surface area contributed by atoms with Crippen molar-refractivity contribution in [2.75, 3.05) is 33.4 Å². The summed E-state index contributed by atoms with van der Waals surface area (Å²) in [7, 11) is 1.73. The van der Waals surface area contributed by atoms with Crippen molar-refractivity contribution in [2.45, 2.75) is 18.6 Å². The average Bonchev–Trinajstić information content (AvgIpc) is 2.71. The van der Waals surface area contributed by atoms with Gasteiger partial charge in [-0.15, -0.1) is 0 Å². The zero-order valence-electron chi connectivity index (χ0n) is 16.2. The Hall–Kier alpha value is -2.54. The lowest BCUT2D eigenvalue weighted by Gasteiger charge is -2.47. The van der Waals surface area contributed by atoms with Crippen molar-refractivity contribution in [3.05, 3.63) is 54.9 Å². The van der Waals surface area contributed by atoms with Gasteiger partial charge in [-0.1, -0.05) is 30.3 Å². The van der Waals surface area contributed by atoms with Gasteiger partial charge in [-0.3, -0.25) is 4.90 Å². The second-order valence-electron chi connectivity index (χ2n) is 7.58. The summed E-state index contributed by atoms with van der Waals surface area (Å²) >= 11 is 0. The topological polar surface area (TPSA) is 67.7 Å². The SMILES string of the molecule is COC1(C)CN(CC(O)COc2ccc3ccccc3c2-c2ccnnc2)C1. The second-order valence-corrected chi connectivity index (χ2v) is 7.58. The van der Waals surface area contributed by atoms with Gasteiger partial charge in [0, 0.05) is 37.9 Å². The molecule has 1 fully saturated rings. The van der Waals surface area contributed by atoms with Gasteiger partial charge in [-0.05, 0) is 29.8 Å². The van der Waals surface area contributed by atoms with Crippen LogP contribution in [0.15, 0.2) is 54.9 Å². The van der Waals surface area contributed by atoms with E-state index in [-0.39, 0.29) is 12.2 Å². The number of β-amino-alcohol motifs (C(OH)–C–C–N with tert-alkyl or cyclic N) is 1. The monoisotopic (exact) mass is 379 g/mol. The molecule has 1 aliphatic heterocycles. The Balaban J connectivity index is 1.51. The lowest BCUT2D eigenvalue weighted by molar-refractivity contribution is -0.121. The summed E-state index contributed by atoms with van der Waals surface area (Å²) in [5.74, 6) is 0.732. The molecule has 1 atom stereocenters. The van der Waals surface area contributed by atoms with Crippen LogP contribution in [0.3, 0.4) is 0 Å². The Labute approximate surface area is 164 Å². The first-order valence-electron chi connectivity index (χ1n) is 9.45. The molecule has 4 rings (SSSR count). The summed E-state index contributed by atoms with van der Waals surface area (Å²) in [6.45, 7) is 4.52. The summed E-state index contributed by atoms with van der Waals surface area (Å²) in [6, 6.07) is 14.1. The fourth-order valence-electron chi connectivity index (χ4n) is 3.80. The Morgan fingerprint density at radius 2 is 1.96 bits per heavy atom. The molecule has 28 heavy (non-hydrogen) atoms. The van der Waals surface area contributed by atoms with Gasteiger partial charge in [-0.2, -0.15) is 10.2 Å². The lowest BCUT2D eigenvalue weighted by Crippen LogP contribution is -2.62. The number of aromatic nitrogens is 2. The first kappa shape index (κ1) is 18.8. The predicted molar refractivity (Wildman–Crippen MR) is 108 cm³/mol. The Morgan fingerprint density at radius 1 is 1.14 bits per heavy atom. The number of nitrogens with zero attached hydrogens (tertiary/aromatic N) is 3. The van der Waals surface area contributed by atoms with E-state index in [4.69, 9.17) is 9.47 Å². The third kappa shape index (κ3) is 3.85. The maximum absolute atomic E-state index is 10.4. The molecule has 1 aromatic heterocycles. The molecule has 6 heteroatoms. The summed E-state index contributed by atoms with van der Waals surface area (Å²) < 4.78 is 11.5. The molecule has 2 heterocycles. The molecule has 1 saturated heterocycles. The maximum Gasteiger partial charge on any atom is 0.127 e. The number of aliphatic hydroxyl groups is 1. The molecule has 1 aliphatic rings. The highest BCUT2D eigenvalue weighted by atomic mass is 16.5. The highest BCUT2D eigenvalue weighted by molar-refractivity contribution is 5.99. The van der Waals surface area contributed by atoms with E-state index in [1.54, 1.807) is 19.5 Å². The minimum atomic E-state index is -0.573. The number of hydrogen-bond acceptors (Lipinski definition) is 6. The van der Waals surface area contributed by atoms with Gasteiger partial charge in [-0.25, -0.2) is 0 Å². The summed E-state index contributed by atoms with van der Waals surface area (Å²) in [6.07, 6.45) is 2.83. The highest BCUT2D eigenvalue weighted by Gasteiger charge is 2.39. The Bertz CT molecular complexity index is 942. The van der Waals surface area contributed by atoms with Crippen molar-refractivity contribution in [3.8, 4) is 16.9 Å². The van der Waals surface area contributed by atoms with E-state index in [1.165, 1.54) is 0 Å². The van der Waals surface area contributed by atoms with Gasteiger partial charge in [0.1, 0.15) is 18.5 Å². The first-order chi connectivity index (χ1) is 13.6. The molecule has 6 nitrogen and oxygen atoms in total. The van der Waals surface area contributed by atoms with Crippen molar-refractivity contribution in [3.63, 3.8) is 0 Å². The number of methoxy groups -OCH3 is 1. The number of likely N-dealkylation sites (tertiary alicyclic amines) is 1. The van der Waals surface area contributed by atoms with Gasteiger partial charge in [0.05, 0.1) is 18.0 Å². The molecule has 0 spiro atoms. The Kier molecular flexibility index (Phi) is 5.26. The molecule has 1 N–H and O–H groups in total. The van der Waals surface area contributed by atoms with Crippen molar-refractivity contribution in [2.24, 2.45) is 0 Å². The van der Waals surface area contributed by atoms with Gasteiger partial charge < -0.3 is 14.6 Å². The van der Waals surface area contributed by atoms with E-state index < -0.39 is 6.10 Å². The smallest absolute Gasteiger partial charge is 0.127 e. The van der Waals surface area contributed by atoms with Crippen LogP contribution in [-0.4, -0.2) is 65.3 Å². The molecule has 0 radical (unpaired) electrons. The summed E-state index contributed by atoms with van der Waals surface area (Å²) in [5, 5.41) is 20.5. The molecule has 2 aromatic carbocycles. The van der Waals surface area contributed by atoms with Crippen LogP contribution in [0, 0.1) is 0 Å². The zero-order valence-corrected chi connectivity index (χ0v) is 16.2. The van der Waals surface area contributed by atoms with Crippen LogP contribution in [0.1, 0.15) is 6.92 Å². The van der Waals surface area contributed by atoms with Gasteiger partial charge in [0.2, 0.25) is 0 Å². The van der Waals surface area contributed by atoms with Crippen LogP contribution in [0.5, 0.6) is 5.75 Å². The molecule has 1 unspecified atom stereocenters. The van der Waals surface area contributed by atoms with Crippen LogP contribution in [-0.2, 0) is 4.74 Å². The molecule has 0 amide bonds. The van der Waals surface area contributed by atoms with Crippen LogP contribution in [0.4, 0.5) is 0 Å². The Morgan fingerprint density at radius 3 is 2.71 bits per heavy atom. The van der Waals surface area contributed by atoms with Crippen molar-refractivity contribution in [1.82, 2.24) is 15.1 Å². The van der Waals surface area contributed by atoms with E-state index in [2.05, 4.69) is 34.2 Å². The van der Waals surface area contributed by atoms with Gasteiger partial charge in [0.15, 0.2) is 0 Å². The molecule has 0 saturated carbocycles. The number of hydrogen-bond donors (Lipinski definition) is 1. The fraction of sp³-hybridized carbons (Fsp3) is 0.364. The van der Waals surface area contributed by atoms with Crippen LogP contribution >= 0.6 is 0 Å². The van der Waals surface area contributed by atoms with E-state index in [9.17, 15) is 5.11 Å². The normalized spacial score (nSPS) is 17.2. The molecule has 0 aliphatic carbocycles. The average molecular weight is 379 g/mol. The van der Waals surface area contributed by atoms with Crippen molar-refractivity contribution < 1.29 is 14.6 Å². The van der Waals surface area contributed by atoms with Crippen molar-refractivity contribution in [1.29, 1.82) is 0 Å². The second kappa shape index (κ2) is 7.83. The number of fused-ring (bicyclic) bond motifs is 1. The quantitative estimate of drug-likeness (QED) is 0.681. The number of benzene rings is 2. The third-order valence-electron chi connectivity index (χ3n) is 5.27. The predicted octanol–water partition coefficient (Wildman–Crippen LogP) is 2.76. The van der Waals surface area contributed by atoms with Crippen LogP contribution in [0.2, 0.25) is 0 Å². The van der Waals surface area contributed by atoms with Crippen LogP contribution < -0.4 is 4.74 Å². The fourth-order valence-corrected chi connectivity index (χ4v) is 3.80. The minimum absolute atomic E-state index is 0.0968. The molecule has 3 aromatic rings. The van der Waals surface area contributed by atoms with Crippen molar-refractivity contribution >= 4 is 10.8 Å². The number of aliphatic hydroxyl groups excluding tert-OH is 1. The number of ether oxygens (including phenoxy) is 2. The lowest BCUT2D eigenvalue weighted by atomic mass is 9.96. The largest absolute Gasteiger partial charge is 0.490 e. The zero-order chi connectivity index (χ0) is 19.6. The highest BCUT2D eigenvalue weighted by Crippen LogP contribution is 2.36. The van der Waals surface area contributed by atoms with E-state index in [0.717, 1.165) is 40.7 Å². The molecule has 0 bridgehead atoms. The van der Waals surface area contributed by atoms with E-state index in [0.29, 0.717) is 6.54 Å². The van der Waals surface area contributed by atoms with E-state index >= 15 is 0 Å². The van der Waals surface area contributed by atoms with E-state index in [1.807, 2.05) is 30.3 Å². The molecular formula is C22H25N3O3. The van der Waals surface area contributed by atoms with Gasteiger partial charge >= 0.3 is 0 Å². The number of rotatable bonds is 7. The summed E-state index contributed by atoms with van der Waals surface area (Å²) in [4.78, 5) is 2.17. The standard InChI is InChI=1S/C22H25N3O3/c1-22(27-2)14-25(15-22)12-18(26)13-28-20-8-7-16-5-3-4-6-19(16)21(20)17-9-10-23-24-11-17/h3-11,18,26H,12-15H2,1-2H3. The first-order valence-corrected chi connectivity index (χ1v) is 9.45. The minimum Gasteiger partial charge on any atom is -0.490 e. The maximum atomic E-state index is 10.4.